The fraction of sp³-hybridized carbons (Fsp3) is 0.125. The van der Waals surface area contributed by atoms with Crippen LogP contribution in [0.15, 0.2) is 48.5 Å². The lowest BCUT2D eigenvalue weighted by atomic mass is 9.98. The van der Waals surface area contributed by atoms with Gasteiger partial charge in [-0.05, 0) is 44.8 Å². The van der Waals surface area contributed by atoms with Crippen molar-refractivity contribution < 1.29 is 0 Å². The molecule has 0 atom stereocenters. The molecule has 0 saturated heterocycles. The summed E-state index contributed by atoms with van der Waals surface area (Å²) < 4.78 is 0. The lowest BCUT2D eigenvalue weighted by molar-refractivity contribution is 1.07. The lowest BCUT2D eigenvalue weighted by Gasteiger charge is -2.07. The summed E-state index contributed by atoms with van der Waals surface area (Å²) in [7, 11) is 0. The van der Waals surface area contributed by atoms with Gasteiger partial charge in [-0.3, -0.25) is 0 Å². The number of hydrogen-bond donors (Lipinski definition) is 2. The van der Waals surface area contributed by atoms with Crippen molar-refractivity contribution in [2.24, 2.45) is 11.5 Å². The SMILES string of the molecule is NCc1ccc2ccc3ccc(CN)cc3c2c1. The third kappa shape index (κ3) is 1.76. The fourth-order valence-corrected chi connectivity index (χ4v) is 2.40. The molecule has 0 aromatic heterocycles. The van der Waals surface area contributed by atoms with Gasteiger partial charge in [0.1, 0.15) is 0 Å². The summed E-state index contributed by atoms with van der Waals surface area (Å²) in [5.41, 5.74) is 13.8. The van der Waals surface area contributed by atoms with Gasteiger partial charge in [0.2, 0.25) is 0 Å². The molecule has 2 nitrogen and oxygen atoms in total. The molecule has 0 heterocycles. The van der Waals surface area contributed by atoms with Crippen LogP contribution >= 0.6 is 0 Å². The molecule has 0 aliphatic carbocycles. The van der Waals surface area contributed by atoms with E-state index < -0.39 is 0 Å². The van der Waals surface area contributed by atoms with E-state index in [4.69, 9.17) is 11.5 Å². The van der Waals surface area contributed by atoms with Gasteiger partial charge in [-0.15, -0.1) is 0 Å². The zero-order chi connectivity index (χ0) is 12.5. The molecule has 0 amide bonds. The Balaban J connectivity index is 2.40. The van der Waals surface area contributed by atoms with Gasteiger partial charge >= 0.3 is 0 Å². The van der Waals surface area contributed by atoms with E-state index in [0.29, 0.717) is 13.1 Å². The number of rotatable bonds is 2. The van der Waals surface area contributed by atoms with Crippen LogP contribution in [0.3, 0.4) is 0 Å². The molecular weight excluding hydrogens is 220 g/mol. The van der Waals surface area contributed by atoms with Crippen LogP contribution in [-0.2, 0) is 13.1 Å². The highest BCUT2D eigenvalue weighted by molar-refractivity contribution is 6.07. The van der Waals surface area contributed by atoms with Crippen molar-refractivity contribution in [3.8, 4) is 0 Å². The zero-order valence-electron chi connectivity index (χ0n) is 10.2. The molecule has 3 rings (SSSR count). The minimum absolute atomic E-state index is 0.572. The first-order valence-electron chi connectivity index (χ1n) is 6.16. The summed E-state index contributed by atoms with van der Waals surface area (Å²) in [6.45, 7) is 1.14. The van der Waals surface area contributed by atoms with E-state index in [1.807, 2.05) is 0 Å². The van der Waals surface area contributed by atoms with Crippen molar-refractivity contribution >= 4 is 21.5 Å². The molecule has 0 fully saturated rings. The summed E-state index contributed by atoms with van der Waals surface area (Å²) in [5.74, 6) is 0. The van der Waals surface area contributed by atoms with E-state index in [0.717, 1.165) is 11.1 Å². The van der Waals surface area contributed by atoms with E-state index in [2.05, 4.69) is 48.5 Å². The quantitative estimate of drug-likeness (QED) is 0.672. The Hall–Kier alpha value is -1.90. The van der Waals surface area contributed by atoms with Crippen molar-refractivity contribution in [1.29, 1.82) is 0 Å². The highest BCUT2D eigenvalue weighted by Crippen LogP contribution is 2.27. The summed E-state index contributed by atoms with van der Waals surface area (Å²) in [4.78, 5) is 0. The number of hydrogen-bond acceptors (Lipinski definition) is 2. The zero-order valence-corrected chi connectivity index (χ0v) is 10.2. The second-order valence-corrected chi connectivity index (χ2v) is 4.58. The van der Waals surface area contributed by atoms with Crippen LogP contribution in [-0.4, -0.2) is 0 Å². The molecule has 0 aliphatic rings. The predicted molar refractivity (Wildman–Crippen MR) is 77.2 cm³/mol. The molecule has 4 N–H and O–H groups in total. The highest BCUT2D eigenvalue weighted by atomic mass is 14.5. The van der Waals surface area contributed by atoms with Crippen LogP contribution in [0, 0.1) is 0 Å². The fourth-order valence-electron chi connectivity index (χ4n) is 2.40. The third-order valence-corrected chi connectivity index (χ3v) is 3.44. The van der Waals surface area contributed by atoms with E-state index in [-0.39, 0.29) is 0 Å². The van der Waals surface area contributed by atoms with Gasteiger partial charge in [0, 0.05) is 13.1 Å². The standard InChI is InChI=1S/C16H16N2/c17-9-11-1-3-13-5-6-14-4-2-12(10-18)8-16(14)15(13)7-11/h1-8H,9-10,17-18H2. The number of fused-ring (bicyclic) bond motifs is 3. The minimum atomic E-state index is 0.572. The highest BCUT2D eigenvalue weighted by Gasteiger charge is 2.02. The van der Waals surface area contributed by atoms with Crippen molar-refractivity contribution in [3.05, 3.63) is 59.7 Å². The van der Waals surface area contributed by atoms with Crippen LogP contribution in [0.1, 0.15) is 11.1 Å². The molecule has 0 radical (unpaired) electrons. The molecule has 2 heteroatoms. The van der Waals surface area contributed by atoms with E-state index in [1.165, 1.54) is 21.5 Å². The maximum atomic E-state index is 5.72. The van der Waals surface area contributed by atoms with Crippen molar-refractivity contribution in [2.45, 2.75) is 13.1 Å². The van der Waals surface area contributed by atoms with Gasteiger partial charge in [0.25, 0.3) is 0 Å². The second-order valence-electron chi connectivity index (χ2n) is 4.58. The Morgan fingerprint density at radius 3 is 1.39 bits per heavy atom. The minimum Gasteiger partial charge on any atom is -0.326 e. The van der Waals surface area contributed by atoms with Crippen LogP contribution in [0.4, 0.5) is 0 Å². The van der Waals surface area contributed by atoms with Crippen molar-refractivity contribution in [2.75, 3.05) is 0 Å². The van der Waals surface area contributed by atoms with Gasteiger partial charge in [0.15, 0.2) is 0 Å². The first kappa shape index (κ1) is 11.2. The molecular formula is C16H16N2. The van der Waals surface area contributed by atoms with Crippen molar-refractivity contribution in [3.63, 3.8) is 0 Å². The van der Waals surface area contributed by atoms with Gasteiger partial charge in [-0.25, -0.2) is 0 Å². The first-order chi connectivity index (χ1) is 8.81. The van der Waals surface area contributed by atoms with Gasteiger partial charge in [0.05, 0.1) is 0 Å². The smallest absolute Gasteiger partial charge is 0.0178 e. The Kier molecular flexibility index (Phi) is 2.74. The molecule has 3 aromatic carbocycles. The van der Waals surface area contributed by atoms with Gasteiger partial charge in [-0.1, -0.05) is 36.4 Å². The van der Waals surface area contributed by atoms with Crippen LogP contribution in [0.25, 0.3) is 21.5 Å². The largest absolute Gasteiger partial charge is 0.326 e. The molecule has 3 aromatic rings. The average molecular weight is 236 g/mol. The Morgan fingerprint density at radius 1 is 0.611 bits per heavy atom. The van der Waals surface area contributed by atoms with Crippen LogP contribution in [0.5, 0.6) is 0 Å². The Bertz CT molecular complexity index is 654. The molecule has 0 unspecified atom stereocenters. The molecule has 0 bridgehead atoms. The molecule has 0 spiro atoms. The molecule has 90 valence electrons. The van der Waals surface area contributed by atoms with Crippen LogP contribution in [0.2, 0.25) is 0 Å². The summed E-state index contributed by atoms with van der Waals surface area (Å²) in [6, 6.07) is 17.1. The molecule has 18 heavy (non-hydrogen) atoms. The van der Waals surface area contributed by atoms with E-state index >= 15 is 0 Å². The Labute approximate surface area is 106 Å². The van der Waals surface area contributed by atoms with E-state index in [9.17, 15) is 0 Å². The average Bonchev–Trinajstić information content (AvgIpc) is 2.45. The summed E-state index contributed by atoms with van der Waals surface area (Å²) in [6.07, 6.45) is 0. The molecule has 0 saturated carbocycles. The lowest BCUT2D eigenvalue weighted by Crippen LogP contribution is -1.97. The number of benzene rings is 3. The van der Waals surface area contributed by atoms with Crippen LogP contribution < -0.4 is 11.5 Å². The third-order valence-electron chi connectivity index (χ3n) is 3.44. The maximum absolute atomic E-state index is 5.72. The monoisotopic (exact) mass is 236 g/mol. The maximum Gasteiger partial charge on any atom is 0.0178 e. The molecule has 0 aliphatic heterocycles. The Morgan fingerprint density at radius 2 is 1.00 bits per heavy atom. The summed E-state index contributed by atoms with van der Waals surface area (Å²) >= 11 is 0. The summed E-state index contributed by atoms with van der Waals surface area (Å²) in [5, 5.41) is 5.00. The van der Waals surface area contributed by atoms with Gasteiger partial charge < -0.3 is 11.5 Å². The van der Waals surface area contributed by atoms with Crippen molar-refractivity contribution in [1.82, 2.24) is 0 Å². The van der Waals surface area contributed by atoms with E-state index in [1.54, 1.807) is 0 Å². The first-order valence-corrected chi connectivity index (χ1v) is 6.16. The van der Waals surface area contributed by atoms with Gasteiger partial charge in [-0.2, -0.15) is 0 Å². The number of nitrogens with two attached hydrogens (primary N) is 2. The second kappa shape index (κ2) is 4.41. The predicted octanol–water partition coefficient (Wildman–Crippen LogP) is 2.91. The normalized spacial score (nSPS) is 11.2. The topological polar surface area (TPSA) is 52.0 Å².